The van der Waals surface area contributed by atoms with Gasteiger partial charge in [0, 0.05) is 37.0 Å². The molecule has 46 heavy (non-hydrogen) atoms. The smallest absolute Gasteiger partial charge is 0.326 e. The van der Waals surface area contributed by atoms with Gasteiger partial charge in [-0.25, -0.2) is 14.8 Å². The predicted octanol–water partition coefficient (Wildman–Crippen LogP) is 1.35. The number of aliphatic carboxylic acids is 1. The number of aryl methyl sites for hydroxylation is 2. The number of aromatic nitrogens is 7. The van der Waals surface area contributed by atoms with Crippen LogP contribution in [0.15, 0.2) is 41.5 Å². The summed E-state index contributed by atoms with van der Waals surface area (Å²) in [6.07, 6.45) is 6.52. The number of carboxylic acids is 1. The van der Waals surface area contributed by atoms with Crippen molar-refractivity contribution in [3.63, 3.8) is 0 Å². The normalized spacial score (nSPS) is 11.7. The number of halogens is 1. The second-order valence-corrected chi connectivity index (χ2v) is 10.5. The molecule has 16 nitrogen and oxygen atoms in total. The molecule has 0 fully saturated rings. The Bertz CT molecular complexity index is 1690. The summed E-state index contributed by atoms with van der Waals surface area (Å²) in [7, 11) is 0. The first kappa shape index (κ1) is 33.4. The van der Waals surface area contributed by atoms with E-state index in [1.165, 1.54) is 18.3 Å². The Morgan fingerprint density at radius 3 is 2.63 bits per heavy atom. The monoisotopic (exact) mass is 636 g/mol. The number of fused-ring (bicyclic) bond motifs is 1. The van der Waals surface area contributed by atoms with Crippen molar-refractivity contribution in [1.82, 2.24) is 45.6 Å². The van der Waals surface area contributed by atoms with E-state index in [0.717, 1.165) is 18.5 Å². The van der Waals surface area contributed by atoms with Gasteiger partial charge in [0.25, 0.3) is 11.5 Å². The quantitative estimate of drug-likeness (QED) is 0.0849. The topological polar surface area (TPSA) is 236 Å². The number of aromatic amines is 1. The van der Waals surface area contributed by atoms with Crippen LogP contribution in [0.4, 0.5) is 16.0 Å². The number of unbranched alkanes of at least 4 members (excludes halogenated alkanes) is 2. The number of hydrogen-bond acceptors (Lipinski definition) is 11. The number of amides is 2. The minimum atomic E-state index is -1.25. The molecule has 1 aromatic carbocycles. The molecule has 4 rings (SSSR count). The van der Waals surface area contributed by atoms with Gasteiger partial charge in [-0.05, 0) is 62.8 Å². The highest BCUT2D eigenvalue weighted by molar-refractivity contribution is 5.97. The molecule has 0 spiro atoms. The van der Waals surface area contributed by atoms with Crippen molar-refractivity contribution in [2.75, 3.05) is 24.3 Å². The van der Waals surface area contributed by atoms with Crippen LogP contribution in [-0.4, -0.2) is 77.1 Å². The molecule has 17 heteroatoms. The van der Waals surface area contributed by atoms with Crippen LogP contribution < -0.4 is 27.2 Å². The number of rotatable bonds is 18. The Balaban J connectivity index is 1.16. The standard InChI is InChI=1S/C29H36FN11O5/c30-12-2-1-5-20-17-41(40-39-20)14-4-3-13-32-23(42)11-10-22(28(45)46)36-26(43)18-6-8-19(9-7-18)33-15-21-16-34-25-24(35-21)27(44)38-29(31)37-25/h6-9,16-17,22,33H,1-5,10-15H2,(H,32,42)(H,36,43)(H,45,46)(H3,31,34,37,38,44)/i30-1. The molecule has 3 heterocycles. The highest BCUT2D eigenvalue weighted by atomic mass is 18.2. The average molecular weight is 637 g/mol. The molecule has 0 saturated heterocycles. The molecule has 244 valence electrons. The van der Waals surface area contributed by atoms with Gasteiger partial charge >= 0.3 is 5.97 Å². The maximum absolute atomic E-state index is 12.7. The molecule has 1 atom stereocenters. The van der Waals surface area contributed by atoms with Gasteiger partial charge in [0.15, 0.2) is 11.2 Å². The van der Waals surface area contributed by atoms with Crippen molar-refractivity contribution in [2.24, 2.45) is 0 Å². The second-order valence-electron chi connectivity index (χ2n) is 10.5. The Hall–Kier alpha value is -5.48. The van der Waals surface area contributed by atoms with Crippen molar-refractivity contribution >= 4 is 40.6 Å². The van der Waals surface area contributed by atoms with Crippen molar-refractivity contribution in [1.29, 1.82) is 0 Å². The van der Waals surface area contributed by atoms with Gasteiger partial charge in [-0.2, -0.15) is 4.98 Å². The van der Waals surface area contributed by atoms with Gasteiger partial charge in [0.2, 0.25) is 11.9 Å². The first-order valence-electron chi connectivity index (χ1n) is 14.8. The fourth-order valence-electron chi connectivity index (χ4n) is 4.44. The van der Waals surface area contributed by atoms with E-state index in [-0.39, 0.29) is 54.6 Å². The number of carboxylic acid groups (broad SMARTS) is 1. The zero-order chi connectivity index (χ0) is 32.9. The maximum atomic E-state index is 12.7. The van der Waals surface area contributed by atoms with Crippen molar-refractivity contribution in [3.05, 3.63) is 64.0 Å². The van der Waals surface area contributed by atoms with Crippen molar-refractivity contribution in [3.8, 4) is 0 Å². The highest BCUT2D eigenvalue weighted by Crippen LogP contribution is 2.12. The van der Waals surface area contributed by atoms with Gasteiger partial charge in [-0.1, -0.05) is 5.21 Å². The van der Waals surface area contributed by atoms with Crippen LogP contribution in [0.25, 0.3) is 11.2 Å². The van der Waals surface area contributed by atoms with E-state index in [1.54, 1.807) is 16.8 Å². The fraction of sp³-hybridized carbons (Fsp3) is 0.414. The van der Waals surface area contributed by atoms with Crippen molar-refractivity contribution < 1.29 is 23.9 Å². The summed E-state index contributed by atoms with van der Waals surface area (Å²) in [6.45, 7) is 0.937. The first-order chi connectivity index (χ1) is 22.2. The summed E-state index contributed by atoms with van der Waals surface area (Å²) < 4.78 is 13.9. The van der Waals surface area contributed by atoms with E-state index in [1.807, 2.05) is 6.20 Å². The number of nitrogen functional groups attached to an aromatic ring is 1. The van der Waals surface area contributed by atoms with Crippen LogP contribution in [0, 0.1) is 0 Å². The van der Waals surface area contributed by atoms with Gasteiger partial charge in [-0.15, -0.1) is 5.10 Å². The number of carbonyl (C=O) groups excluding carboxylic acids is 2. The molecule has 4 aromatic rings. The molecule has 0 bridgehead atoms. The highest BCUT2D eigenvalue weighted by Gasteiger charge is 2.22. The molecule has 7 N–H and O–H groups in total. The first-order valence-corrected chi connectivity index (χ1v) is 14.8. The van der Waals surface area contributed by atoms with Crippen LogP contribution in [-0.2, 0) is 29.1 Å². The summed E-state index contributed by atoms with van der Waals surface area (Å²) in [5, 5.41) is 26.0. The minimum Gasteiger partial charge on any atom is -0.480 e. The fourth-order valence-corrected chi connectivity index (χ4v) is 4.44. The van der Waals surface area contributed by atoms with E-state index in [4.69, 9.17) is 5.73 Å². The summed E-state index contributed by atoms with van der Waals surface area (Å²) >= 11 is 0. The number of alkyl halides is 1. The number of nitrogens with two attached hydrogens (primary N) is 1. The lowest BCUT2D eigenvalue weighted by Gasteiger charge is -2.15. The number of benzene rings is 1. The molecule has 0 saturated carbocycles. The zero-order valence-electron chi connectivity index (χ0n) is 25.0. The predicted molar refractivity (Wildman–Crippen MR) is 165 cm³/mol. The average Bonchev–Trinajstić information content (AvgIpc) is 3.49. The van der Waals surface area contributed by atoms with Crippen LogP contribution in [0.2, 0.25) is 0 Å². The molecule has 3 aromatic heterocycles. The maximum Gasteiger partial charge on any atom is 0.326 e. The number of carbonyl (C=O) groups is 3. The molecule has 0 aliphatic rings. The molecule has 2 amide bonds. The van der Waals surface area contributed by atoms with Crippen LogP contribution in [0.1, 0.15) is 60.3 Å². The number of hydrogen-bond donors (Lipinski definition) is 6. The van der Waals surface area contributed by atoms with Crippen LogP contribution in [0.5, 0.6) is 0 Å². The van der Waals surface area contributed by atoms with Gasteiger partial charge < -0.3 is 26.8 Å². The number of anilines is 2. The minimum absolute atomic E-state index is 0.0523. The molecule has 1 unspecified atom stereocenters. The molecule has 0 aliphatic heterocycles. The van der Waals surface area contributed by atoms with E-state index in [2.05, 4.69) is 46.2 Å². The summed E-state index contributed by atoms with van der Waals surface area (Å²) in [6, 6.07) is 5.08. The van der Waals surface area contributed by atoms with Gasteiger partial charge in [0.1, 0.15) is 6.04 Å². The van der Waals surface area contributed by atoms with Crippen LogP contribution >= 0.6 is 0 Å². The summed E-state index contributed by atoms with van der Waals surface area (Å²) in [5.41, 5.74) is 7.39. The number of H-pyrrole nitrogens is 1. The lowest BCUT2D eigenvalue weighted by molar-refractivity contribution is -0.139. The Morgan fingerprint density at radius 1 is 1.07 bits per heavy atom. The zero-order valence-corrected chi connectivity index (χ0v) is 25.0. The Morgan fingerprint density at radius 2 is 1.87 bits per heavy atom. The number of nitrogens with one attached hydrogen (secondary N) is 4. The molecular formula is C29H36FN11O5. The largest absolute Gasteiger partial charge is 0.480 e. The van der Waals surface area contributed by atoms with E-state index < -0.39 is 23.5 Å². The third kappa shape index (κ3) is 10.0. The van der Waals surface area contributed by atoms with E-state index in [0.29, 0.717) is 43.7 Å². The van der Waals surface area contributed by atoms with Crippen LogP contribution in [0.3, 0.4) is 0 Å². The van der Waals surface area contributed by atoms with E-state index >= 15 is 0 Å². The van der Waals surface area contributed by atoms with Crippen molar-refractivity contribution in [2.45, 2.75) is 64.1 Å². The Labute approximate surface area is 262 Å². The summed E-state index contributed by atoms with van der Waals surface area (Å²) in [4.78, 5) is 63.5. The summed E-state index contributed by atoms with van der Waals surface area (Å²) in [5.74, 6) is -2.20. The molecular weight excluding hydrogens is 600 g/mol. The van der Waals surface area contributed by atoms with E-state index in [9.17, 15) is 28.7 Å². The van der Waals surface area contributed by atoms with Gasteiger partial charge in [-0.3, -0.25) is 28.4 Å². The molecule has 0 aliphatic carbocycles. The number of nitrogens with zero attached hydrogens (tertiary/aromatic N) is 6. The molecule has 0 radical (unpaired) electrons. The lowest BCUT2D eigenvalue weighted by atomic mass is 10.1. The SMILES string of the molecule is Nc1nc2ncc(CNc3ccc(C(=O)NC(CCC(=O)NCCCCn4cc(CCCC[18F])nn4)C(=O)O)cc3)nc2c(=O)[nH]1. The third-order valence-electron chi connectivity index (χ3n) is 6.91. The Kier molecular flexibility index (Phi) is 12.0. The van der Waals surface area contributed by atoms with Gasteiger partial charge in [0.05, 0.1) is 30.8 Å². The lowest BCUT2D eigenvalue weighted by Crippen LogP contribution is -2.41. The second kappa shape index (κ2) is 16.6. The third-order valence-corrected chi connectivity index (χ3v) is 6.91.